The van der Waals surface area contributed by atoms with Gasteiger partial charge >= 0.3 is 0 Å². The zero-order valence-electron chi connectivity index (χ0n) is 67.1. The first-order chi connectivity index (χ1) is 56.4. The van der Waals surface area contributed by atoms with Gasteiger partial charge in [-0.25, -0.2) is 29.9 Å². The molecule has 31 nitrogen and oxygen atoms in total. The molecule has 13 N–H and O–H groups in total. The molecular formula is C86H90N20O11. The lowest BCUT2D eigenvalue weighted by molar-refractivity contribution is 0.0950. The van der Waals surface area contributed by atoms with Gasteiger partial charge in [0.15, 0.2) is 46.0 Å². The Morgan fingerprint density at radius 3 is 1.52 bits per heavy atom. The number of ether oxygens (including phenoxy) is 9. The molecular weight excluding hydrogens is 1490 g/mol. The molecule has 0 unspecified atom stereocenters. The first-order valence-electron chi connectivity index (χ1n) is 36.1. The van der Waals surface area contributed by atoms with Gasteiger partial charge in [-0.15, -0.1) is 0 Å². The van der Waals surface area contributed by atoms with Crippen LogP contribution in [0.5, 0.6) is 51.7 Å². The van der Waals surface area contributed by atoms with E-state index in [4.69, 9.17) is 81.3 Å². The molecule has 31 heteroatoms. The van der Waals surface area contributed by atoms with Gasteiger partial charge in [0.1, 0.15) is 47.2 Å². The summed E-state index contributed by atoms with van der Waals surface area (Å²) >= 11 is 0. The van der Waals surface area contributed by atoms with Crippen LogP contribution in [-0.2, 0) is 6.54 Å². The number of methoxy groups -OCH3 is 8. The summed E-state index contributed by atoms with van der Waals surface area (Å²) in [7, 11) is 20.1. The smallest absolute Gasteiger partial charge is 0.251 e. The summed E-state index contributed by atoms with van der Waals surface area (Å²) in [5, 5.41) is 38.3. The number of nitrogens with two attached hydrogens (primary N) is 4. The average Bonchev–Trinajstić information content (AvgIpc) is 0.801. The number of carbonyl (C=O) groups is 1. The fraction of sp³-hybridized carbons (Fsp3) is 0.209. The molecule has 0 saturated carbocycles. The van der Waals surface area contributed by atoms with Crippen LogP contribution in [0.2, 0.25) is 0 Å². The number of nitriles is 1. The van der Waals surface area contributed by atoms with Crippen molar-refractivity contribution in [1.82, 2.24) is 50.1 Å². The van der Waals surface area contributed by atoms with Gasteiger partial charge in [-0.05, 0) is 142 Å². The van der Waals surface area contributed by atoms with Crippen molar-refractivity contribution in [1.29, 1.82) is 10.7 Å². The van der Waals surface area contributed by atoms with Crippen molar-refractivity contribution in [2.24, 2.45) is 10.7 Å². The number of nitrogens with one attached hydrogen (secondary N) is 4. The molecule has 9 aromatic carbocycles. The highest BCUT2D eigenvalue weighted by molar-refractivity contribution is 6.01. The first kappa shape index (κ1) is 84.4. The van der Waals surface area contributed by atoms with Crippen molar-refractivity contribution in [2.45, 2.75) is 20.4 Å². The molecule has 600 valence electrons. The lowest BCUT2D eigenvalue weighted by atomic mass is 10.0. The Morgan fingerprint density at radius 2 is 1.01 bits per heavy atom. The van der Waals surface area contributed by atoms with Crippen molar-refractivity contribution in [3.63, 3.8) is 0 Å². The summed E-state index contributed by atoms with van der Waals surface area (Å²) < 4.78 is 48.6. The van der Waals surface area contributed by atoms with Gasteiger partial charge in [-0.2, -0.15) is 15.2 Å². The number of carbonyl (C=O) groups excluding carboxylic acids is 1. The Hall–Kier alpha value is -15.1. The molecule has 0 spiro atoms. The fourth-order valence-electron chi connectivity index (χ4n) is 11.8. The number of nitrogens with zero attached hydrogens (tertiary/aromatic N) is 12. The number of anilines is 9. The number of aromatic nitrogens is 8. The maximum absolute atomic E-state index is 12.9. The number of aliphatic imine (C=N–C) groups is 1. The monoisotopic (exact) mass is 1580 g/mol. The maximum atomic E-state index is 12.9. The van der Waals surface area contributed by atoms with Crippen LogP contribution in [0, 0.1) is 42.4 Å². The Labute approximate surface area is 676 Å². The van der Waals surface area contributed by atoms with Gasteiger partial charge in [-0.1, -0.05) is 54.5 Å². The number of aliphatic hydroxyl groups excluding tert-OH is 1. The molecule has 0 aliphatic heterocycles. The number of amides is 1. The highest BCUT2D eigenvalue weighted by atomic mass is 16.5. The van der Waals surface area contributed by atoms with E-state index in [0.29, 0.717) is 132 Å². The molecule has 0 radical (unpaired) electrons. The van der Waals surface area contributed by atoms with Crippen LogP contribution in [0.25, 0.3) is 43.6 Å². The minimum absolute atomic E-state index is 0.0991. The molecule has 1 amide bonds. The predicted octanol–water partition coefficient (Wildman–Crippen LogP) is 12.0. The summed E-state index contributed by atoms with van der Waals surface area (Å²) in [6, 6.07) is 51.6. The summed E-state index contributed by atoms with van der Waals surface area (Å²) in [6.07, 6.45) is 0. The third-order valence-electron chi connectivity index (χ3n) is 17.9. The van der Waals surface area contributed by atoms with Crippen molar-refractivity contribution in [2.75, 3.05) is 138 Å². The lowest BCUT2D eigenvalue weighted by Crippen LogP contribution is -2.23. The molecule has 0 fully saturated rings. The van der Waals surface area contributed by atoms with Gasteiger partial charge in [0.05, 0.1) is 103 Å². The lowest BCUT2D eigenvalue weighted by Gasteiger charge is -2.21. The number of rotatable bonds is 24. The van der Waals surface area contributed by atoms with Crippen LogP contribution < -0.4 is 86.4 Å². The zero-order chi connectivity index (χ0) is 84.0. The average molecular weight is 1580 g/mol. The van der Waals surface area contributed by atoms with Crippen LogP contribution in [0.1, 0.15) is 55.3 Å². The molecule has 4 heterocycles. The normalized spacial score (nSPS) is 10.7. The highest BCUT2D eigenvalue weighted by Crippen LogP contribution is 2.40. The number of aliphatic hydroxyl groups is 1. The quantitative estimate of drug-likeness (QED) is 0.0154. The van der Waals surface area contributed by atoms with E-state index in [1.807, 2.05) is 143 Å². The van der Waals surface area contributed by atoms with E-state index in [2.05, 4.69) is 83.6 Å². The topological polar surface area (TPSA) is 430 Å². The van der Waals surface area contributed by atoms with Crippen molar-refractivity contribution in [3.05, 3.63) is 214 Å². The number of likely N-dealkylation sites (N-methyl/N-ethyl adjacent to an activating group) is 1. The van der Waals surface area contributed by atoms with Crippen LogP contribution in [0.15, 0.2) is 169 Å². The molecule has 4 aromatic heterocycles. The minimum Gasteiger partial charge on any atom is -0.493 e. The standard InChI is InChI=1S/C31H33N5O4.C20H22N4O3.C18H20N6O2.C17H15N5O2/c1-20-6-9-23(30(37)33-19-21-7-11-24(12-8-21)40-15-14-36(2)3)16-22(20)10-13-26-25-17-28(38-4)29(39-5)18-27(25)35-31(32)34-26;1-12-22-17-10-19(27-4)18(26-3)9-15(17)20(23-12)24(2)14-7-5-13(6-8-14)16(21)11-25;1-21-16(19)10-5-4-6-11(7-10)22-17-12-8-14(25-2)15(26-3)9-13(12)23-18(20)24-17;1-23-14-7-12-13(8-15(14)24-2)21-17(19)22-16(12)20-11-5-3-4-10(6-11)9-18/h6-9,11-12,16-18H,14-15,19H2,1-5H3,(H,33,37)(H2,32,34,35);5-10,21,25H,11H2,1-4H3;4-9H,1-3H3,(H2,19,21)(H3,20,22,23,24);3-8H,1-2H3,(H3,19,20,21,22). The van der Waals surface area contributed by atoms with Crippen molar-refractivity contribution < 1.29 is 52.5 Å². The van der Waals surface area contributed by atoms with E-state index < -0.39 is 0 Å². The first-order valence-corrected chi connectivity index (χ1v) is 36.1. The molecule has 0 aliphatic carbocycles. The van der Waals surface area contributed by atoms with Crippen LogP contribution >= 0.6 is 0 Å². The van der Waals surface area contributed by atoms with E-state index in [1.54, 1.807) is 125 Å². The number of benzene rings is 9. The third kappa shape index (κ3) is 21.2. The number of nitrogen functional groups attached to an aromatic ring is 3. The van der Waals surface area contributed by atoms with Gasteiger partial charge in [0, 0.05) is 107 Å². The van der Waals surface area contributed by atoms with Crippen molar-refractivity contribution in [3.8, 4) is 69.7 Å². The fourth-order valence-corrected chi connectivity index (χ4v) is 11.8. The van der Waals surface area contributed by atoms with E-state index in [9.17, 15) is 4.79 Å². The third-order valence-corrected chi connectivity index (χ3v) is 17.9. The second kappa shape index (κ2) is 39.4. The largest absolute Gasteiger partial charge is 0.493 e. The number of aryl methyl sites for hydroxylation is 2. The van der Waals surface area contributed by atoms with Gasteiger partial charge < -0.3 is 102 Å². The van der Waals surface area contributed by atoms with Crippen LogP contribution in [0.4, 0.5) is 52.4 Å². The number of hydrogen-bond donors (Lipinski definition) is 9. The summed E-state index contributed by atoms with van der Waals surface area (Å²) in [5.41, 5.74) is 34.3. The molecule has 0 aliphatic rings. The molecule has 0 saturated heterocycles. The van der Waals surface area contributed by atoms with E-state index in [1.165, 1.54) is 0 Å². The Kier molecular flexibility index (Phi) is 28.4. The van der Waals surface area contributed by atoms with Gasteiger partial charge in [0.25, 0.3) is 5.91 Å². The maximum Gasteiger partial charge on any atom is 0.251 e. The second-order valence-corrected chi connectivity index (χ2v) is 25.9. The predicted molar refractivity (Wildman–Crippen MR) is 457 cm³/mol. The molecule has 117 heavy (non-hydrogen) atoms. The summed E-state index contributed by atoms with van der Waals surface area (Å²) in [5.74, 6) is 14.7. The molecule has 0 atom stereocenters. The van der Waals surface area contributed by atoms with Crippen molar-refractivity contribution >= 4 is 113 Å². The number of fused-ring (bicyclic) bond motifs is 4. The van der Waals surface area contributed by atoms with E-state index in [-0.39, 0.29) is 36.1 Å². The Bertz CT molecular complexity index is 5920. The number of amidine groups is 1. The van der Waals surface area contributed by atoms with Crippen LogP contribution in [-0.4, -0.2) is 172 Å². The zero-order valence-corrected chi connectivity index (χ0v) is 67.1. The highest BCUT2D eigenvalue weighted by Gasteiger charge is 2.20. The van der Waals surface area contributed by atoms with Gasteiger partial charge in [0.2, 0.25) is 17.8 Å². The molecule has 0 bridgehead atoms. The molecule has 13 aromatic rings. The summed E-state index contributed by atoms with van der Waals surface area (Å²) in [6.45, 7) is 5.35. The Morgan fingerprint density at radius 1 is 0.530 bits per heavy atom. The minimum atomic E-state index is -0.285. The van der Waals surface area contributed by atoms with Crippen LogP contribution in [0.3, 0.4) is 0 Å². The van der Waals surface area contributed by atoms with E-state index >= 15 is 0 Å². The van der Waals surface area contributed by atoms with Gasteiger partial charge in [-0.3, -0.25) is 9.79 Å². The Balaban J connectivity index is 0.000000168. The van der Waals surface area contributed by atoms with E-state index in [0.717, 1.165) is 73.5 Å². The SMILES string of the molecule is CN=C(N)c1cccc(Nc2nc(N)nc3cc(OC)c(OC)cc23)c1.COc1cc2nc(C)nc(N(C)c3ccc(C(=N)CO)cc3)c2cc1OC.COc1cc2nc(N)nc(C#Cc3cc(C(=O)NCc4ccc(OCCN(C)C)cc4)ccc3C)c2cc1OC.COc1cc2nc(N)nc(Nc3cccc(C#N)c3)c2cc1OC. The second-order valence-electron chi connectivity index (χ2n) is 25.9. The molecule has 13 rings (SSSR count). The summed E-state index contributed by atoms with van der Waals surface area (Å²) in [4.78, 5) is 55.8. The number of hydrogen-bond acceptors (Lipinski definition) is 29.